The summed E-state index contributed by atoms with van der Waals surface area (Å²) in [6, 6.07) is 1.37. The molecule has 102 valence electrons. The van der Waals surface area contributed by atoms with Crippen LogP contribution in [0.3, 0.4) is 0 Å². The minimum atomic E-state index is 0.681. The molecule has 1 aliphatic heterocycles. The molecule has 2 atom stereocenters. The van der Waals surface area contributed by atoms with Gasteiger partial charge in [-0.25, -0.2) is 0 Å². The molecule has 1 aliphatic rings. The number of hydrogen-bond donors (Lipinski definition) is 1. The highest BCUT2D eigenvalue weighted by molar-refractivity contribution is 4.84. The number of piperazine rings is 1. The second-order valence-electron chi connectivity index (χ2n) is 5.78. The summed E-state index contributed by atoms with van der Waals surface area (Å²) < 4.78 is 5.10. The van der Waals surface area contributed by atoms with E-state index < -0.39 is 0 Å². The zero-order valence-corrected chi connectivity index (χ0v) is 12.0. The Bertz CT molecular complexity index is 197. The normalized spacial score (nSPS) is 26.6. The van der Waals surface area contributed by atoms with Crippen molar-refractivity contribution < 1.29 is 4.74 Å². The molecule has 3 nitrogen and oxygen atoms in total. The summed E-state index contributed by atoms with van der Waals surface area (Å²) in [6.07, 6.45) is 3.73. The second-order valence-corrected chi connectivity index (χ2v) is 5.78. The third kappa shape index (κ3) is 5.84. The quantitative estimate of drug-likeness (QED) is 0.692. The molecule has 0 radical (unpaired) electrons. The standard InChI is InChI=1S/C14H30N2O/c1-12(2)9-14-11-16(13(3)10-15-14)7-5-6-8-17-4/h12-15H,5-11H2,1-4H3. The number of rotatable bonds is 7. The molecule has 0 aliphatic carbocycles. The number of nitrogens with zero attached hydrogens (tertiary/aromatic N) is 1. The summed E-state index contributed by atoms with van der Waals surface area (Å²) in [5.74, 6) is 0.788. The van der Waals surface area contributed by atoms with Gasteiger partial charge in [0, 0.05) is 38.9 Å². The van der Waals surface area contributed by atoms with Crippen LogP contribution < -0.4 is 5.32 Å². The van der Waals surface area contributed by atoms with Crippen LogP contribution in [-0.4, -0.2) is 50.3 Å². The fourth-order valence-electron chi connectivity index (χ4n) is 2.59. The Balaban J connectivity index is 2.25. The summed E-state index contributed by atoms with van der Waals surface area (Å²) in [5.41, 5.74) is 0. The molecule has 0 aromatic carbocycles. The van der Waals surface area contributed by atoms with Gasteiger partial charge in [0.25, 0.3) is 0 Å². The van der Waals surface area contributed by atoms with Crippen molar-refractivity contribution in [1.82, 2.24) is 10.2 Å². The molecule has 3 heteroatoms. The molecule has 1 saturated heterocycles. The van der Waals surface area contributed by atoms with Gasteiger partial charge < -0.3 is 10.1 Å². The van der Waals surface area contributed by atoms with Gasteiger partial charge in [-0.05, 0) is 38.6 Å². The highest BCUT2D eigenvalue weighted by atomic mass is 16.5. The Kier molecular flexibility index (Phi) is 7.09. The SMILES string of the molecule is COCCCCN1CC(CC(C)C)NCC1C. The van der Waals surface area contributed by atoms with Crippen molar-refractivity contribution in [1.29, 1.82) is 0 Å². The van der Waals surface area contributed by atoms with E-state index in [0.29, 0.717) is 12.1 Å². The Labute approximate surface area is 107 Å². The smallest absolute Gasteiger partial charge is 0.0462 e. The first kappa shape index (κ1) is 14.9. The molecule has 1 rings (SSSR count). The Hall–Kier alpha value is -0.120. The first-order chi connectivity index (χ1) is 8.13. The molecule has 0 amide bonds. The largest absolute Gasteiger partial charge is 0.385 e. The zero-order chi connectivity index (χ0) is 12.7. The summed E-state index contributed by atoms with van der Waals surface area (Å²) in [4.78, 5) is 2.64. The molecule has 1 heterocycles. The monoisotopic (exact) mass is 242 g/mol. The van der Waals surface area contributed by atoms with Crippen molar-refractivity contribution >= 4 is 0 Å². The Morgan fingerprint density at radius 3 is 2.76 bits per heavy atom. The van der Waals surface area contributed by atoms with Crippen molar-refractivity contribution in [2.75, 3.05) is 33.4 Å². The highest BCUT2D eigenvalue weighted by Gasteiger charge is 2.24. The van der Waals surface area contributed by atoms with Gasteiger partial charge in [-0.1, -0.05) is 13.8 Å². The number of ether oxygens (including phenoxy) is 1. The van der Waals surface area contributed by atoms with E-state index >= 15 is 0 Å². The molecule has 0 spiro atoms. The van der Waals surface area contributed by atoms with Gasteiger partial charge in [-0.3, -0.25) is 4.90 Å². The number of hydrogen-bond acceptors (Lipinski definition) is 3. The fourth-order valence-corrected chi connectivity index (χ4v) is 2.59. The molecular weight excluding hydrogens is 212 g/mol. The zero-order valence-electron chi connectivity index (χ0n) is 12.0. The summed E-state index contributed by atoms with van der Waals surface area (Å²) >= 11 is 0. The minimum absolute atomic E-state index is 0.681. The fraction of sp³-hybridized carbons (Fsp3) is 1.00. The number of unbranched alkanes of at least 4 members (excludes halogenated alkanes) is 1. The van der Waals surface area contributed by atoms with Gasteiger partial charge in [0.05, 0.1) is 0 Å². The molecule has 0 aromatic heterocycles. The van der Waals surface area contributed by atoms with E-state index in [1.54, 1.807) is 7.11 Å². The van der Waals surface area contributed by atoms with Gasteiger partial charge in [0.1, 0.15) is 0 Å². The van der Waals surface area contributed by atoms with Gasteiger partial charge in [-0.15, -0.1) is 0 Å². The number of methoxy groups -OCH3 is 1. The van der Waals surface area contributed by atoms with E-state index in [0.717, 1.165) is 19.1 Å². The molecule has 0 aromatic rings. The van der Waals surface area contributed by atoms with Crippen LogP contribution in [0.4, 0.5) is 0 Å². The van der Waals surface area contributed by atoms with Crippen LogP contribution in [0.1, 0.15) is 40.0 Å². The molecule has 0 saturated carbocycles. The lowest BCUT2D eigenvalue weighted by atomic mass is 10.00. The van der Waals surface area contributed by atoms with Gasteiger partial charge in [0.15, 0.2) is 0 Å². The molecule has 1 fully saturated rings. The average Bonchev–Trinajstić information content (AvgIpc) is 2.28. The first-order valence-corrected chi connectivity index (χ1v) is 7.09. The molecule has 0 bridgehead atoms. The van der Waals surface area contributed by atoms with Crippen molar-refractivity contribution in [3.63, 3.8) is 0 Å². The van der Waals surface area contributed by atoms with Gasteiger partial charge >= 0.3 is 0 Å². The van der Waals surface area contributed by atoms with E-state index in [2.05, 4.69) is 31.0 Å². The lowest BCUT2D eigenvalue weighted by molar-refractivity contribution is 0.123. The van der Waals surface area contributed by atoms with E-state index in [1.165, 1.54) is 32.4 Å². The lowest BCUT2D eigenvalue weighted by Crippen LogP contribution is -2.55. The Morgan fingerprint density at radius 2 is 2.12 bits per heavy atom. The van der Waals surface area contributed by atoms with Crippen molar-refractivity contribution in [2.24, 2.45) is 5.92 Å². The average molecular weight is 242 g/mol. The van der Waals surface area contributed by atoms with Crippen LogP contribution in [0.5, 0.6) is 0 Å². The molecule has 2 unspecified atom stereocenters. The van der Waals surface area contributed by atoms with Crippen LogP contribution in [0.25, 0.3) is 0 Å². The maximum atomic E-state index is 5.10. The maximum absolute atomic E-state index is 5.10. The van der Waals surface area contributed by atoms with Crippen molar-refractivity contribution in [3.05, 3.63) is 0 Å². The van der Waals surface area contributed by atoms with Crippen molar-refractivity contribution in [3.8, 4) is 0 Å². The van der Waals surface area contributed by atoms with E-state index in [9.17, 15) is 0 Å². The topological polar surface area (TPSA) is 24.5 Å². The maximum Gasteiger partial charge on any atom is 0.0462 e. The second kappa shape index (κ2) is 8.06. The Morgan fingerprint density at radius 1 is 1.35 bits per heavy atom. The molecular formula is C14H30N2O. The van der Waals surface area contributed by atoms with E-state index in [1.807, 2.05) is 0 Å². The number of nitrogens with one attached hydrogen (secondary N) is 1. The van der Waals surface area contributed by atoms with Crippen LogP contribution >= 0.6 is 0 Å². The van der Waals surface area contributed by atoms with Gasteiger partial charge in [0.2, 0.25) is 0 Å². The summed E-state index contributed by atoms with van der Waals surface area (Å²) in [6.45, 7) is 11.4. The van der Waals surface area contributed by atoms with E-state index in [4.69, 9.17) is 4.74 Å². The predicted octanol–water partition coefficient (Wildman–Crippen LogP) is 2.12. The van der Waals surface area contributed by atoms with Crippen LogP contribution in [-0.2, 0) is 4.74 Å². The molecule has 17 heavy (non-hydrogen) atoms. The van der Waals surface area contributed by atoms with Crippen molar-refractivity contribution in [2.45, 2.75) is 52.1 Å². The minimum Gasteiger partial charge on any atom is -0.385 e. The van der Waals surface area contributed by atoms with E-state index in [-0.39, 0.29) is 0 Å². The predicted molar refractivity (Wildman–Crippen MR) is 73.4 cm³/mol. The third-order valence-corrected chi connectivity index (χ3v) is 3.58. The summed E-state index contributed by atoms with van der Waals surface area (Å²) in [5, 5.41) is 3.67. The highest BCUT2D eigenvalue weighted by Crippen LogP contribution is 2.13. The van der Waals surface area contributed by atoms with Crippen LogP contribution in [0, 0.1) is 5.92 Å². The van der Waals surface area contributed by atoms with Crippen LogP contribution in [0.15, 0.2) is 0 Å². The summed E-state index contributed by atoms with van der Waals surface area (Å²) in [7, 11) is 1.78. The first-order valence-electron chi connectivity index (χ1n) is 7.09. The van der Waals surface area contributed by atoms with Crippen LogP contribution in [0.2, 0.25) is 0 Å². The third-order valence-electron chi connectivity index (χ3n) is 3.58. The van der Waals surface area contributed by atoms with Gasteiger partial charge in [-0.2, -0.15) is 0 Å². The lowest BCUT2D eigenvalue weighted by Gasteiger charge is -2.39. The molecule has 1 N–H and O–H groups in total.